The topological polar surface area (TPSA) is 55.1 Å². The molecule has 0 aliphatic heterocycles. The first-order chi connectivity index (χ1) is 11.7. The molecule has 2 aromatic heterocycles. The third-order valence-corrected chi connectivity index (χ3v) is 5.31. The van der Waals surface area contributed by atoms with E-state index >= 15 is 0 Å². The highest BCUT2D eigenvalue weighted by atomic mass is 35.5. The first kappa shape index (κ1) is 17.1. The van der Waals surface area contributed by atoms with E-state index in [0.717, 1.165) is 27.8 Å². The maximum absolute atomic E-state index is 12.1. The van der Waals surface area contributed by atoms with Gasteiger partial charge in [-0.1, -0.05) is 23.7 Å². The molecule has 0 aliphatic rings. The highest BCUT2D eigenvalue weighted by molar-refractivity contribution is 7.98. The number of rotatable bonds is 7. The Balaban J connectivity index is 1.46. The second kappa shape index (κ2) is 8.37. The number of nitrogens with zero attached hydrogens (tertiary/aromatic N) is 1. The minimum absolute atomic E-state index is 0.148. The van der Waals surface area contributed by atoms with Gasteiger partial charge in [-0.15, -0.1) is 11.3 Å². The van der Waals surface area contributed by atoms with Crippen molar-refractivity contribution in [2.45, 2.75) is 5.75 Å². The van der Waals surface area contributed by atoms with Crippen LogP contribution in [0.3, 0.4) is 0 Å². The zero-order valence-electron chi connectivity index (χ0n) is 12.7. The number of hydrogen-bond donors (Lipinski definition) is 1. The van der Waals surface area contributed by atoms with E-state index < -0.39 is 0 Å². The summed E-state index contributed by atoms with van der Waals surface area (Å²) < 4.78 is 5.26. The van der Waals surface area contributed by atoms with Crippen LogP contribution in [0.25, 0.3) is 10.6 Å². The third-order valence-electron chi connectivity index (χ3n) is 3.18. The Morgan fingerprint density at radius 1 is 1.29 bits per heavy atom. The molecule has 24 heavy (non-hydrogen) atoms. The van der Waals surface area contributed by atoms with E-state index in [2.05, 4.69) is 10.3 Å². The molecule has 124 valence electrons. The summed E-state index contributed by atoms with van der Waals surface area (Å²) in [6, 6.07) is 11.2. The molecule has 7 heteroatoms. The molecule has 0 radical (unpaired) electrons. The molecule has 4 nitrogen and oxygen atoms in total. The molecule has 0 spiro atoms. The number of halogens is 1. The molecule has 0 bridgehead atoms. The zero-order chi connectivity index (χ0) is 16.8. The third kappa shape index (κ3) is 4.63. The maximum atomic E-state index is 12.1. The first-order valence-corrected chi connectivity index (χ1v) is 9.73. The minimum atomic E-state index is -0.148. The minimum Gasteiger partial charge on any atom is -0.468 e. The summed E-state index contributed by atoms with van der Waals surface area (Å²) in [6.07, 6.45) is 1.66. The molecule has 1 aromatic carbocycles. The van der Waals surface area contributed by atoms with Gasteiger partial charge >= 0.3 is 0 Å². The summed E-state index contributed by atoms with van der Waals surface area (Å²) in [5, 5.41) is 6.15. The van der Waals surface area contributed by atoms with Crippen molar-refractivity contribution in [1.82, 2.24) is 10.3 Å². The van der Waals surface area contributed by atoms with Crippen molar-refractivity contribution in [3.05, 3.63) is 64.5 Å². The molecule has 3 rings (SSSR count). The number of nitrogens with one attached hydrogen (secondary N) is 1. The normalized spacial score (nSPS) is 10.7. The molecule has 0 saturated heterocycles. The maximum Gasteiger partial charge on any atom is 0.270 e. The lowest BCUT2D eigenvalue weighted by Crippen LogP contribution is -2.26. The lowest BCUT2D eigenvalue weighted by atomic mass is 10.2. The highest BCUT2D eigenvalue weighted by Gasteiger charge is 2.11. The van der Waals surface area contributed by atoms with Crippen molar-refractivity contribution in [3.8, 4) is 10.6 Å². The predicted molar refractivity (Wildman–Crippen MR) is 99.8 cm³/mol. The van der Waals surface area contributed by atoms with Crippen LogP contribution in [-0.4, -0.2) is 23.2 Å². The van der Waals surface area contributed by atoms with Gasteiger partial charge in [0.25, 0.3) is 5.91 Å². The van der Waals surface area contributed by atoms with Gasteiger partial charge in [-0.2, -0.15) is 11.8 Å². The van der Waals surface area contributed by atoms with E-state index in [9.17, 15) is 4.79 Å². The van der Waals surface area contributed by atoms with Gasteiger partial charge in [0.1, 0.15) is 16.5 Å². The molecule has 0 fully saturated rings. The van der Waals surface area contributed by atoms with Crippen molar-refractivity contribution in [3.63, 3.8) is 0 Å². The van der Waals surface area contributed by atoms with E-state index in [4.69, 9.17) is 16.0 Å². The largest absolute Gasteiger partial charge is 0.468 e. The number of aromatic nitrogens is 1. The van der Waals surface area contributed by atoms with Gasteiger partial charge in [0.05, 0.1) is 12.0 Å². The summed E-state index contributed by atoms with van der Waals surface area (Å²) in [6.45, 7) is 0.595. The number of amides is 1. The van der Waals surface area contributed by atoms with Crippen LogP contribution in [0, 0.1) is 0 Å². The molecule has 3 aromatic rings. The summed E-state index contributed by atoms with van der Waals surface area (Å²) in [4.78, 5) is 16.5. The standard InChI is InChI=1S/C17H15ClN2O2S2/c18-13-5-3-12(4-6-13)17-20-15(11-24-17)16(21)19-7-9-23-10-14-2-1-8-22-14/h1-6,8,11H,7,9-10H2,(H,19,21). The molecule has 1 N–H and O–H groups in total. The summed E-state index contributed by atoms with van der Waals surface area (Å²) in [5.41, 5.74) is 1.40. The van der Waals surface area contributed by atoms with Crippen LogP contribution in [0.5, 0.6) is 0 Å². The van der Waals surface area contributed by atoms with E-state index in [0.29, 0.717) is 17.3 Å². The Labute approximate surface area is 153 Å². The van der Waals surface area contributed by atoms with Crippen LogP contribution >= 0.6 is 34.7 Å². The lowest BCUT2D eigenvalue weighted by molar-refractivity contribution is 0.0952. The Morgan fingerprint density at radius 2 is 2.12 bits per heavy atom. The van der Waals surface area contributed by atoms with E-state index in [-0.39, 0.29) is 5.91 Å². The van der Waals surface area contributed by atoms with E-state index in [1.807, 2.05) is 36.4 Å². The number of carbonyl (C=O) groups excluding carboxylic acids is 1. The van der Waals surface area contributed by atoms with Crippen LogP contribution in [0.4, 0.5) is 0 Å². The van der Waals surface area contributed by atoms with Crippen molar-refractivity contribution in [2.24, 2.45) is 0 Å². The molecule has 0 atom stereocenters. The van der Waals surface area contributed by atoms with E-state index in [1.165, 1.54) is 11.3 Å². The van der Waals surface area contributed by atoms with Crippen LogP contribution < -0.4 is 5.32 Å². The summed E-state index contributed by atoms with van der Waals surface area (Å²) in [5.74, 6) is 2.42. The predicted octanol–water partition coefficient (Wildman–Crippen LogP) is 4.72. The van der Waals surface area contributed by atoms with Gasteiger partial charge in [-0.3, -0.25) is 4.79 Å². The number of thiazole rings is 1. The fraction of sp³-hybridized carbons (Fsp3) is 0.176. The second-order valence-corrected chi connectivity index (χ2v) is 7.33. The molecule has 0 unspecified atom stereocenters. The quantitative estimate of drug-likeness (QED) is 0.604. The van der Waals surface area contributed by atoms with Gasteiger partial charge < -0.3 is 9.73 Å². The van der Waals surface area contributed by atoms with Crippen LogP contribution in [-0.2, 0) is 5.75 Å². The van der Waals surface area contributed by atoms with Crippen molar-refractivity contribution < 1.29 is 9.21 Å². The Hall–Kier alpha value is -1.76. The van der Waals surface area contributed by atoms with Crippen LogP contribution in [0.15, 0.2) is 52.5 Å². The van der Waals surface area contributed by atoms with Gasteiger partial charge in [-0.25, -0.2) is 4.98 Å². The molecular formula is C17H15ClN2O2S2. The number of furan rings is 1. The molecule has 2 heterocycles. The summed E-state index contributed by atoms with van der Waals surface area (Å²) >= 11 is 9.04. The van der Waals surface area contributed by atoms with E-state index in [1.54, 1.807) is 23.4 Å². The van der Waals surface area contributed by atoms with Gasteiger partial charge in [0, 0.05) is 28.3 Å². The summed E-state index contributed by atoms with van der Waals surface area (Å²) in [7, 11) is 0. The molecule has 0 saturated carbocycles. The lowest BCUT2D eigenvalue weighted by Gasteiger charge is -2.02. The molecule has 0 aliphatic carbocycles. The van der Waals surface area contributed by atoms with Crippen LogP contribution in [0.1, 0.15) is 16.2 Å². The first-order valence-electron chi connectivity index (χ1n) is 7.32. The van der Waals surface area contributed by atoms with Crippen molar-refractivity contribution >= 4 is 40.6 Å². The van der Waals surface area contributed by atoms with Gasteiger partial charge in [0.15, 0.2) is 0 Å². The van der Waals surface area contributed by atoms with Gasteiger partial charge in [-0.05, 0) is 24.3 Å². The number of thioether (sulfide) groups is 1. The van der Waals surface area contributed by atoms with Crippen molar-refractivity contribution in [2.75, 3.05) is 12.3 Å². The number of hydrogen-bond acceptors (Lipinski definition) is 5. The van der Waals surface area contributed by atoms with Crippen LogP contribution in [0.2, 0.25) is 5.02 Å². The Morgan fingerprint density at radius 3 is 2.88 bits per heavy atom. The average Bonchev–Trinajstić information content (AvgIpc) is 3.27. The highest BCUT2D eigenvalue weighted by Crippen LogP contribution is 2.25. The smallest absolute Gasteiger partial charge is 0.270 e. The Kier molecular flexibility index (Phi) is 5.96. The molecular weight excluding hydrogens is 364 g/mol. The fourth-order valence-corrected chi connectivity index (χ4v) is 3.69. The monoisotopic (exact) mass is 378 g/mol. The number of carbonyl (C=O) groups is 1. The molecule has 1 amide bonds. The SMILES string of the molecule is O=C(NCCSCc1ccco1)c1csc(-c2ccc(Cl)cc2)n1. The zero-order valence-corrected chi connectivity index (χ0v) is 15.1. The number of benzene rings is 1. The second-order valence-electron chi connectivity index (χ2n) is 4.93. The fourth-order valence-electron chi connectivity index (χ4n) is 2.00. The van der Waals surface area contributed by atoms with Crippen molar-refractivity contribution in [1.29, 1.82) is 0 Å². The Bertz CT molecular complexity index is 785. The average molecular weight is 379 g/mol. The van der Waals surface area contributed by atoms with Gasteiger partial charge in [0.2, 0.25) is 0 Å².